The molecule has 2 aliphatic heterocycles. The van der Waals surface area contributed by atoms with E-state index in [1.165, 1.54) is 25.7 Å². The van der Waals surface area contributed by atoms with E-state index in [1.807, 2.05) is 0 Å². The fourth-order valence-electron chi connectivity index (χ4n) is 7.14. The van der Waals surface area contributed by atoms with Crippen molar-refractivity contribution in [2.75, 3.05) is 26.4 Å². The van der Waals surface area contributed by atoms with Gasteiger partial charge < -0.3 is 64.2 Å². The van der Waals surface area contributed by atoms with E-state index >= 15 is 0 Å². The number of aliphatic hydroxyl groups is 7. The predicted octanol–water partition coefficient (Wildman–Crippen LogP) is 6.10. The highest BCUT2D eigenvalue weighted by molar-refractivity contribution is 5.70. The van der Waals surface area contributed by atoms with Crippen LogP contribution in [0.2, 0.25) is 0 Å². The summed E-state index contributed by atoms with van der Waals surface area (Å²) in [5.41, 5.74) is 0. The van der Waals surface area contributed by atoms with E-state index in [0.29, 0.717) is 12.8 Å². The molecule has 0 aromatic rings. The number of hydrogen-bond acceptors (Lipinski definition) is 15. The summed E-state index contributed by atoms with van der Waals surface area (Å²) in [5, 5.41) is 72.0. The summed E-state index contributed by atoms with van der Waals surface area (Å²) < 4.78 is 33.5. The number of rotatable bonds is 36. The van der Waals surface area contributed by atoms with E-state index in [0.717, 1.165) is 83.5 Å². The van der Waals surface area contributed by atoms with Gasteiger partial charge in [-0.05, 0) is 77.0 Å². The molecule has 11 atom stereocenters. The molecule has 65 heavy (non-hydrogen) atoms. The van der Waals surface area contributed by atoms with Gasteiger partial charge in [0, 0.05) is 12.8 Å². The first-order valence-corrected chi connectivity index (χ1v) is 24.4. The third kappa shape index (κ3) is 25.8. The van der Waals surface area contributed by atoms with Gasteiger partial charge >= 0.3 is 11.9 Å². The van der Waals surface area contributed by atoms with Crippen molar-refractivity contribution in [1.29, 1.82) is 0 Å². The molecule has 0 aliphatic carbocycles. The smallest absolute Gasteiger partial charge is 0.306 e. The molecule has 2 heterocycles. The topological polar surface area (TPSA) is 231 Å². The van der Waals surface area contributed by atoms with Gasteiger partial charge in [-0.1, -0.05) is 120 Å². The largest absolute Gasteiger partial charge is 0.462 e. The van der Waals surface area contributed by atoms with Crippen LogP contribution in [0.5, 0.6) is 0 Å². The Labute approximate surface area is 388 Å². The van der Waals surface area contributed by atoms with E-state index in [4.69, 9.17) is 28.4 Å². The van der Waals surface area contributed by atoms with Crippen LogP contribution in [0.25, 0.3) is 0 Å². The standard InChI is InChI=1S/C50H84O15/c1-3-5-7-9-11-13-15-17-18-19-20-21-23-25-27-29-31-33-42(53)63-38(35-60-41(52)32-30-28-26-24-22-16-14-12-10-8-6-4-2)36-61-49-48(59)46(57)44(55)40(65-49)37-62-50-47(58)45(56)43(54)39(34-51)64-50/h7,9,12-15,18-19,21,23,38-40,43-51,54-59H,3-6,8,10-11,16-17,20,22,24-37H2,1-2H3/b9-7+,14-12+,15-13+,19-18+,23-21+/t38-,39+,40+,43-,44-,45?,46?,47?,48?,49+,50+/m1/s1. The van der Waals surface area contributed by atoms with Gasteiger partial charge in [0.1, 0.15) is 55.4 Å². The predicted molar refractivity (Wildman–Crippen MR) is 247 cm³/mol. The Balaban J connectivity index is 1.85. The molecular formula is C50H84O15. The van der Waals surface area contributed by atoms with Crippen molar-refractivity contribution in [3.8, 4) is 0 Å². The third-order valence-electron chi connectivity index (χ3n) is 11.2. The lowest BCUT2D eigenvalue weighted by molar-refractivity contribution is -0.332. The second-order valence-electron chi connectivity index (χ2n) is 16.9. The lowest BCUT2D eigenvalue weighted by Gasteiger charge is -2.42. The molecule has 15 heteroatoms. The number of ether oxygens (including phenoxy) is 6. The van der Waals surface area contributed by atoms with Crippen LogP contribution < -0.4 is 0 Å². The molecule has 374 valence electrons. The van der Waals surface area contributed by atoms with Gasteiger partial charge in [-0.2, -0.15) is 0 Å². The van der Waals surface area contributed by atoms with Crippen molar-refractivity contribution in [2.24, 2.45) is 0 Å². The number of aliphatic hydroxyl groups excluding tert-OH is 7. The minimum absolute atomic E-state index is 0.123. The van der Waals surface area contributed by atoms with Gasteiger partial charge in [-0.15, -0.1) is 0 Å². The molecule has 0 bridgehead atoms. The molecule has 7 N–H and O–H groups in total. The van der Waals surface area contributed by atoms with Crippen LogP contribution in [-0.4, -0.2) is 142 Å². The summed E-state index contributed by atoms with van der Waals surface area (Å²) in [6.45, 7) is 2.43. The SMILES string of the molecule is CCC/C=C/C/C=C/C/C=C/C/C=C/CCCCCC(=O)O[C@H](COC(=O)CCCCCCC/C=C/CCCCC)CO[C@H]1O[C@@H](CO[C@H]2O[C@@H](CO)[C@@H](O)C(O)C2O)[C@@H](O)C(O)C1O. The molecule has 15 nitrogen and oxygen atoms in total. The maximum Gasteiger partial charge on any atom is 0.306 e. The Hall–Kier alpha value is -2.80. The van der Waals surface area contributed by atoms with Crippen molar-refractivity contribution in [3.63, 3.8) is 0 Å². The van der Waals surface area contributed by atoms with E-state index in [1.54, 1.807) is 0 Å². The minimum Gasteiger partial charge on any atom is -0.462 e. The zero-order valence-corrected chi connectivity index (χ0v) is 39.2. The van der Waals surface area contributed by atoms with Crippen LogP contribution >= 0.6 is 0 Å². The van der Waals surface area contributed by atoms with Gasteiger partial charge in [0.25, 0.3) is 0 Å². The van der Waals surface area contributed by atoms with Crippen molar-refractivity contribution >= 4 is 11.9 Å². The van der Waals surface area contributed by atoms with Crippen LogP contribution in [0.1, 0.15) is 149 Å². The second kappa shape index (κ2) is 37.2. The number of unbranched alkanes of at least 4 members (excludes halogenated alkanes) is 12. The number of carbonyl (C=O) groups is 2. The lowest BCUT2D eigenvalue weighted by Crippen LogP contribution is -2.61. The Bertz CT molecular complexity index is 1370. The zero-order valence-electron chi connectivity index (χ0n) is 39.2. The monoisotopic (exact) mass is 925 g/mol. The lowest BCUT2D eigenvalue weighted by atomic mass is 9.98. The number of allylic oxidation sites excluding steroid dienone is 10. The number of carbonyl (C=O) groups excluding carboxylic acids is 2. The molecule has 0 aromatic heterocycles. The van der Waals surface area contributed by atoms with E-state index in [9.17, 15) is 45.3 Å². The van der Waals surface area contributed by atoms with Gasteiger partial charge in [-0.25, -0.2) is 0 Å². The van der Waals surface area contributed by atoms with Crippen LogP contribution in [0.3, 0.4) is 0 Å². The Kier molecular flexibility index (Phi) is 33.4. The minimum atomic E-state index is -1.77. The van der Waals surface area contributed by atoms with E-state index in [-0.39, 0.29) is 19.4 Å². The molecule has 0 radical (unpaired) electrons. The first-order valence-electron chi connectivity index (χ1n) is 24.4. The summed E-state index contributed by atoms with van der Waals surface area (Å²) in [4.78, 5) is 25.7. The van der Waals surface area contributed by atoms with Gasteiger partial charge in [0.2, 0.25) is 0 Å². The summed E-state index contributed by atoms with van der Waals surface area (Å²) in [6.07, 6.45) is 24.0. The van der Waals surface area contributed by atoms with Gasteiger partial charge in [0.05, 0.1) is 19.8 Å². The molecule has 0 amide bonds. The van der Waals surface area contributed by atoms with Crippen molar-refractivity contribution in [2.45, 2.75) is 216 Å². The Morgan fingerprint density at radius 2 is 0.954 bits per heavy atom. The first kappa shape index (κ1) is 58.3. The van der Waals surface area contributed by atoms with Crippen LogP contribution in [-0.2, 0) is 38.0 Å². The summed E-state index contributed by atoms with van der Waals surface area (Å²) >= 11 is 0. The van der Waals surface area contributed by atoms with Gasteiger partial charge in [0.15, 0.2) is 18.7 Å². The maximum atomic E-state index is 13.0. The molecule has 2 saturated heterocycles. The molecule has 0 spiro atoms. The molecule has 0 saturated carbocycles. The molecule has 2 rings (SSSR count). The summed E-state index contributed by atoms with van der Waals surface area (Å²) in [6, 6.07) is 0. The van der Waals surface area contributed by atoms with Crippen LogP contribution in [0, 0.1) is 0 Å². The quantitative estimate of drug-likeness (QED) is 0.0214. The Morgan fingerprint density at radius 1 is 0.492 bits per heavy atom. The number of hydrogen-bond donors (Lipinski definition) is 7. The average molecular weight is 925 g/mol. The summed E-state index contributed by atoms with van der Waals surface area (Å²) in [7, 11) is 0. The summed E-state index contributed by atoms with van der Waals surface area (Å²) in [5.74, 6) is -0.978. The van der Waals surface area contributed by atoms with Crippen LogP contribution in [0.15, 0.2) is 60.8 Å². The van der Waals surface area contributed by atoms with E-state index in [2.05, 4.69) is 74.6 Å². The second-order valence-corrected chi connectivity index (χ2v) is 16.9. The van der Waals surface area contributed by atoms with Crippen molar-refractivity contribution < 1.29 is 73.8 Å². The van der Waals surface area contributed by atoms with Crippen molar-refractivity contribution in [1.82, 2.24) is 0 Å². The average Bonchev–Trinajstić information content (AvgIpc) is 3.30. The van der Waals surface area contributed by atoms with Gasteiger partial charge in [-0.3, -0.25) is 9.59 Å². The van der Waals surface area contributed by atoms with Crippen LogP contribution in [0.4, 0.5) is 0 Å². The number of esters is 2. The zero-order chi connectivity index (χ0) is 47.5. The normalized spacial score (nSPS) is 26.9. The molecule has 4 unspecified atom stereocenters. The molecule has 0 aromatic carbocycles. The molecule has 2 fully saturated rings. The highest BCUT2D eigenvalue weighted by Crippen LogP contribution is 2.26. The van der Waals surface area contributed by atoms with E-state index < -0.39 is 99.3 Å². The fourth-order valence-corrected chi connectivity index (χ4v) is 7.14. The molecular weight excluding hydrogens is 841 g/mol. The fraction of sp³-hybridized carbons (Fsp3) is 0.760. The maximum absolute atomic E-state index is 13.0. The van der Waals surface area contributed by atoms with Crippen molar-refractivity contribution in [3.05, 3.63) is 60.8 Å². The first-order chi connectivity index (χ1) is 31.5. The third-order valence-corrected chi connectivity index (χ3v) is 11.2. The highest BCUT2D eigenvalue weighted by Gasteiger charge is 2.47. The Morgan fingerprint density at radius 3 is 1.54 bits per heavy atom. The highest BCUT2D eigenvalue weighted by atomic mass is 16.7. The molecule has 2 aliphatic rings.